The Kier molecular flexibility index (Phi) is 9.30. The van der Waals surface area contributed by atoms with E-state index < -0.39 is 21.7 Å². The molecule has 13 heteroatoms. The second kappa shape index (κ2) is 13.3. The number of aromatic nitrogens is 3. The number of carbonyl (C=O) groups is 2. The van der Waals surface area contributed by atoms with Crippen molar-refractivity contribution in [3.05, 3.63) is 96.1 Å². The van der Waals surface area contributed by atoms with E-state index in [0.29, 0.717) is 35.3 Å². The lowest BCUT2D eigenvalue weighted by atomic mass is 10.2. The number of hydrogen-bond acceptors (Lipinski definition) is 7. The van der Waals surface area contributed by atoms with Gasteiger partial charge in [0.2, 0.25) is 15.9 Å². The van der Waals surface area contributed by atoms with E-state index in [-0.39, 0.29) is 23.1 Å². The molecule has 1 aliphatic rings. The number of hydrogen-bond donors (Lipinski definition) is 2. The number of para-hydroxylation sites is 1. The summed E-state index contributed by atoms with van der Waals surface area (Å²) >= 11 is 1.17. The molecule has 0 unspecified atom stereocenters. The maximum atomic E-state index is 13.1. The van der Waals surface area contributed by atoms with Gasteiger partial charge in [0.15, 0.2) is 11.0 Å². The Bertz CT molecular complexity index is 1640. The highest BCUT2D eigenvalue weighted by Crippen LogP contribution is 2.23. The molecular formula is C29H29FN6O4S2. The van der Waals surface area contributed by atoms with E-state index in [0.717, 1.165) is 24.9 Å². The van der Waals surface area contributed by atoms with Crippen molar-refractivity contribution in [1.82, 2.24) is 24.4 Å². The quantitative estimate of drug-likeness (QED) is 0.258. The van der Waals surface area contributed by atoms with Gasteiger partial charge in [-0.3, -0.25) is 14.2 Å². The molecule has 0 radical (unpaired) electrons. The number of amides is 2. The van der Waals surface area contributed by atoms with Gasteiger partial charge >= 0.3 is 0 Å². The van der Waals surface area contributed by atoms with Crippen LogP contribution in [0.1, 0.15) is 35.4 Å². The Morgan fingerprint density at radius 3 is 2.26 bits per heavy atom. The highest BCUT2D eigenvalue weighted by atomic mass is 32.2. The molecule has 1 aromatic heterocycles. The smallest absolute Gasteiger partial charge is 0.251 e. The molecule has 10 nitrogen and oxygen atoms in total. The molecule has 42 heavy (non-hydrogen) atoms. The molecule has 2 amide bonds. The third-order valence-corrected chi connectivity index (χ3v) is 9.49. The third-order valence-electron chi connectivity index (χ3n) is 6.65. The molecule has 2 heterocycles. The summed E-state index contributed by atoms with van der Waals surface area (Å²) in [6.45, 7) is 1.05. The summed E-state index contributed by atoms with van der Waals surface area (Å²) in [5.74, 6) is -0.611. The summed E-state index contributed by atoms with van der Waals surface area (Å²) in [5, 5.41) is 14.5. The Labute approximate surface area is 247 Å². The predicted molar refractivity (Wildman–Crippen MR) is 157 cm³/mol. The number of nitrogens with zero attached hydrogens (tertiary/aromatic N) is 4. The first-order valence-electron chi connectivity index (χ1n) is 13.4. The van der Waals surface area contributed by atoms with Crippen LogP contribution in [0.4, 0.5) is 10.1 Å². The molecule has 0 atom stereocenters. The summed E-state index contributed by atoms with van der Waals surface area (Å²) in [6.07, 6.45) is 2.71. The third kappa shape index (κ3) is 7.04. The standard InChI is InChI=1S/C29H29FN6O4S2/c30-22-11-13-23(14-12-22)32-27(37)20-41-29-34-33-26(36(29)24-7-3-1-4-8-24)19-31-28(38)21-9-15-25(16-10-21)42(39,40)35-17-5-2-6-18-35/h1,3-4,7-16H,2,5-6,17-20H2,(H,31,38)(H,32,37). The highest BCUT2D eigenvalue weighted by Gasteiger charge is 2.26. The molecule has 0 aliphatic carbocycles. The molecule has 1 fully saturated rings. The van der Waals surface area contributed by atoms with Crippen LogP contribution in [0.2, 0.25) is 0 Å². The fourth-order valence-corrected chi connectivity index (χ4v) is 6.79. The first kappa shape index (κ1) is 29.4. The van der Waals surface area contributed by atoms with E-state index in [1.54, 1.807) is 4.57 Å². The van der Waals surface area contributed by atoms with Gasteiger partial charge in [0.25, 0.3) is 5.91 Å². The van der Waals surface area contributed by atoms with Crippen molar-refractivity contribution in [3.8, 4) is 5.69 Å². The lowest BCUT2D eigenvalue weighted by Gasteiger charge is -2.25. The average Bonchev–Trinajstić information content (AvgIpc) is 3.43. The summed E-state index contributed by atoms with van der Waals surface area (Å²) in [7, 11) is -3.59. The summed E-state index contributed by atoms with van der Waals surface area (Å²) in [5.41, 5.74) is 1.54. The van der Waals surface area contributed by atoms with Crippen LogP contribution in [0.5, 0.6) is 0 Å². The minimum absolute atomic E-state index is 0.0292. The zero-order valence-corrected chi connectivity index (χ0v) is 24.2. The van der Waals surface area contributed by atoms with Gasteiger partial charge in [0, 0.05) is 30.0 Å². The number of sulfonamides is 1. The zero-order valence-electron chi connectivity index (χ0n) is 22.6. The number of benzene rings is 3. The van der Waals surface area contributed by atoms with E-state index in [9.17, 15) is 22.4 Å². The number of thioether (sulfide) groups is 1. The Balaban J connectivity index is 1.25. The highest BCUT2D eigenvalue weighted by molar-refractivity contribution is 7.99. The maximum Gasteiger partial charge on any atom is 0.251 e. The predicted octanol–water partition coefficient (Wildman–Crippen LogP) is 4.24. The van der Waals surface area contributed by atoms with Crippen molar-refractivity contribution in [1.29, 1.82) is 0 Å². The van der Waals surface area contributed by atoms with Crippen molar-refractivity contribution in [2.45, 2.75) is 35.9 Å². The molecular weight excluding hydrogens is 579 g/mol. The van der Waals surface area contributed by atoms with Gasteiger partial charge in [0.05, 0.1) is 17.2 Å². The topological polar surface area (TPSA) is 126 Å². The van der Waals surface area contributed by atoms with Crippen LogP contribution >= 0.6 is 11.8 Å². The van der Waals surface area contributed by atoms with Crippen molar-refractivity contribution in [2.75, 3.05) is 24.2 Å². The molecule has 2 N–H and O–H groups in total. The van der Waals surface area contributed by atoms with Crippen molar-refractivity contribution >= 4 is 39.3 Å². The first-order chi connectivity index (χ1) is 20.3. The minimum atomic E-state index is -3.59. The van der Waals surface area contributed by atoms with Crippen LogP contribution in [0.15, 0.2) is 88.9 Å². The fourth-order valence-electron chi connectivity index (χ4n) is 4.50. The van der Waals surface area contributed by atoms with E-state index in [1.807, 2.05) is 30.3 Å². The summed E-state index contributed by atoms with van der Waals surface area (Å²) in [4.78, 5) is 25.6. The molecule has 218 valence electrons. The van der Waals surface area contributed by atoms with Crippen LogP contribution in [-0.4, -0.2) is 58.1 Å². The fraction of sp³-hybridized carbons (Fsp3) is 0.241. The van der Waals surface area contributed by atoms with Crippen LogP contribution in [-0.2, 0) is 21.4 Å². The van der Waals surface area contributed by atoms with E-state index in [1.165, 1.54) is 64.6 Å². The van der Waals surface area contributed by atoms with Gasteiger partial charge in [-0.25, -0.2) is 12.8 Å². The number of rotatable bonds is 10. The lowest BCUT2D eigenvalue weighted by molar-refractivity contribution is -0.113. The van der Waals surface area contributed by atoms with E-state index >= 15 is 0 Å². The normalized spacial score (nSPS) is 13.9. The first-order valence-corrected chi connectivity index (χ1v) is 15.8. The molecule has 1 aliphatic heterocycles. The number of halogens is 1. The van der Waals surface area contributed by atoms with Gasteiger partial charge in [-0.2, -0.15) is 4.31 Å². The lowest BCUT2D eigenvalue weighted by Crippen LogP contribution is -2.35. The average molecular weight is 609 g/mol. The number of carbonyl (C=O) groups excluding carboxylic acids is 2. The van der Waals surface area contributed by atoms with Crippen LogP contribution in [0.3, 0.4) is 0 Å². The van der Waals surface area contributed by atoms with E-state index in [4.69, 9.17) is 0 Å². The van der Waals surface area contributed by atoms with Crippen molar-refractivity contribution in [3.63, 3.8) is 0 Å². The second-order valence-electron chi connectivity index (χ2n) is 9.59. The molecule has 5 rings (SSSR count). The van der Waals surface area contributed by atoms with Crippen LogP contribution in [0, 0.1) is 5.82 Å². The largest absolute Gasteiger partial charge is 0.345 e. The summed E-state index contributed by atoms with van der Waals surface area (Å²) in [6, 6.07) is 20.7. The van der Waals surface area contributed by atoms with E-state index in [2.05, 4.69) is 20.8 Å². The molecule has 0 saturated carbocycles. The molecule has 0 spiro atoms. The van der Waals surface area contributed by atoms with Crippen molar-refractivity contribution < 1.29 is 22.4 Å². The van der Waals surface area contributed by atoms with Gasteiger partial charge in [-0.1, -0.05) is 36.4 Å². The Morgan fingerprint density at radius 2 is 1.57 bits per heavy atom. The molecule has 4 aromatic rings. The monoisotopic (exact) mass is 608 g/mol. The molecule has 3 aromatic carbocycles. The molecule has 1 saturated heterocycles. The minimum Gasteiger partial charge on any atom is -0.345 e. The Hall–Kier alpha value is -4.07. The van der Waals surface area contributed by atoms with Gasteiger partial charge in [-0.15, -0.1) is 10.2 Å². The Morgan fingerprint density at radius 1 is 0.881 bits per heavy atom. The van der Waals surface area contributed by atoms with Gasteiger partial charge < -0.3 is 10.6 Å². The van der Waals surface area contributed by atoms with Gasteiger partial charge in [0.1, 0.15) is 5.82 Å². The number of nitrogens with one attached hydrogen (secondary N) is 2. The SMILES string of the molecule is O=C(CSc1nnc(CNC(=O)c2ccc(S(=O)(=O)N3CCCCC3)cc2)n1-c1ccccc1)Nc1ccc(F)cc1. The van der Waals surface area contributed by atoms with Crippen LogP contribution < -0.4 is 10.6 Å². The second-order valence-corrected chi connectivity index (χ2v) is 12.5. The van der Waals surface area contributed by atoms with Crippen LogP contribution in [0.25, 0.3) is 5.69 Å². The molecule has 0 bridgehead atoms. The maximum absolute atomic E-state index is 13.1. The van der Waals surface area contributed by atoms with Gasteiger partial charge in [-0.05, 0) is 73.5 Å². The van der Waals surface area contributed by atoms with Crippen molar-refractivity contribution in [2.24, 2.45) is 0 Å². The number of anilines is 1. The zero-order chi connectivity index (χ0) is 29.5. The number of piperidine rings is 1. The summed E-state index contributed by atoms with van der Waals surface area (Å²) < 4.78 is 42.2.